The molecule has 0 bridgehead atoms. The number of ether oxygens (including phenoxy) is 2. The molecule has 2 N–H and O–H groups in total. The van der Waals surface area contributed by atoms with Crippen molar-refractivity contribution < 1.29 is 32.6 Å². The zero-order chi connectivity index (χ0) is 33.3. The minimum Gasteiger partial charge on any atom is -0.490 e. The Bertz CT molecular complexity index is 1560. The van der Waals surface area contributed by atoms with E-state index in [4.69, 9.17) is 9.47 Å². The number of rotatable bonds is 12. The zero-order valence-corrected chi connectivity index (χ0v) is 28.0. The Morgan fingerprint density at radius 3 is 2.24 bits per heavy atom. The van der Waals surface area contributed by atoms with Crippen molar-refractivity contribution in [2.24, 2.45) is 0 Å². The van der Waals surface area contributed by atoms with Gasteiger partial charge >= 0.3 is 6.09 Å². The summed E-state index contributed by atoms with van der Waals surface area (Å²) < 4.78 is 37.2. The van der Waals surface area contributed by atoms with Gasteiger partial charge in [-0.1, -0.05) is 73.2 Å². The molecule has 0 aliphatic heterocycles. The maximum Gasteiger partial charge on any atom is 0.410 e. The lowest BCUT2D eigenvalue weighted by Crippen LogP contribution is -2.40. The Balaban J connectivity index is 1.48. The summed E-state index contributed by atoms with van der Waals surface area (Å²) in [6.45, 7) is 5.92. The topological polar surface area (TPSA) is 122 Å². The van der Waals surface area contributed by atoms with Gasteiger partial charge < -0.3 is 19.5 Å². The molecular weight excluding hydrogens is 604 g/mol. The molecule has 1 aliphatic rings. The van der Waals surface area contributed by atoms with Crippen LogP contribution in [0.1, 0.15) is 75.7 Å². The van der Waals surface area contributed by atoms with E-state index in [1.54, 1.807) is 4.90 Å². The summed E-state index contributed by atoms with van der Waals surface area (Å²) in [6, 6.07) is 22.9. The number of hydrogen-bond acceptors (Lipinski definition) is 7. The second-order valence-electron chi connectivity index (χ2n) is 13.0. The van der Waals surface area contributed by atoms with Crippen molar-refractivity contribution in [3.05, 3.63) is 89.5 Å². The molecule has 2 amide bonds. The second kappa shape index (κ2) is 15.6. The summed E-state index contributed by atoms with van der Waals surface area (Å²) in [5.74, 6) is -0.0214. The number of nitrogens with zero attached hydrogens (tertiary/aromatic N) is 1. The van der Waals surface area contributed by atoms with Crippen LogP contribution in [0.15, 0.2) is 72.8 Å². The van der Waals surface area contributed by atoms with Crippen LogP contribution in [0.4, 0.5) is 4.79 Å². The van der Waals surface area contributed by atoms with E-state index in [9.17, 15) is 23.1 Å². The number of carbonyl (C=O) groups excluding carboxylic acids is 2. The Labute approximate surface area is 273 Å². The third-order valence-electron chi connectivity index (χ3n) is 7.75. The highest BCUT2D eigenvalue weighted by molar-refractivity contribution is 7.89. The highest BCUT2D eigenvalue weighted by Gasteiger charge is 2.25. The van der Waals surface area contributed by atoms with E-state index in [2.05, 4.69) is 0 Å². The number of sulfonamides is 1. The largest absolute Gasteiger partial charge is 0.490 e. The first-order chi connectivity index (χ1) is 21.8. The number of carbonyl (C=O) groups is 2. The van der Waals surface area contributed by atoms with Gasteiger partial charge in [-0.25, -0.2) is 13.2 Å². The fraction of sp³-hybridized carbons (Fsp3) is 0.444. The van der Waals surface area contributed by atoms with Crippen LogP contribution in [0.3, 0.4) is 0 Å². The van der Waals surface area contributed by atoms with E-state index < -0.39 is 33.7 Å². The average Bonchev–Trinajstić information content (AvgIpc) is 2.99. The molecule has 9 nitrogen and oxygen atoms in total. The number of aliphatic hydroxyl groups is 1. The Morgan fingerprint density at radius 1 is 0.957 bits per heavy atom. The molecular formula is C36H46N2O7S. The molecule has 3 aromatic rings. The van der Waals surface area contributed by atoms with Gasteiger partial charge in [0.1, 0.15) is 11.4 Å². The lowest BCUT2D eigenvalue weighted by atomic mass is 9.97. The molecule has 1 aliphatic carbocycles. The zero-order valence-electron chi connectivity index (χ0n) is 27.2. The van der Waals surface area contributed by atoms with Gasteiger partial charge in [0.2, 0.25) is 15.9 Å². The first-order valence-corrected chi connectivity index (χ1v) is 17.8. The van der Waals surface area contributed by atoms with Gasteiger partial charge in [-0.2, -0.15) is 0 Å². The fourth-order valence-electron chi connectivity index (χ4n) is 5.47. The molecule has 0 unspecified atom stereocenters. The molecule has 4 rings (SSSR count). The maximum absolute atomic E-state index is 13.0. The molecule has 1 fully saturated rings. The average molecular weight is 651 g/mol. The Kier molecular flexibility index (Phi) is 11.9. The van der Waals surface area contributed by atoms with Gasteiger partial charge in [0.05, 0.1) is 31.4 Å². The van der Waals surface area contributed by atoms with Gasteiger partial charge in [0, 0.05) is 12.1 Å². The molecule has 1 atom stereocenters. The van der Waals surface area contributed by atoms with Crippen LogP contribution in [-0.2, 0) is 32.4 Å². The van der Waals surface area contributed by atoms with Crippen LogP contribution in [0, 0.1) is 0 Å². The molecule has 248 valence electrons. The third-order valence-corrected chi connectivity index (χ3v) is 8.35. The molecule has 1 saturated carbocycles. The van der Waals surface area contributed by atoms with E-state index in [1.807, 2.05) is 98.3 Å². The quantitative estimate of drug-likeness (QED) is 0.240. The van der Waals surface area contributed by atoms with Crippen molar-refractivity contribution in [1.82, 2.24) is 9.62 Å². The van der Waals surface area contributed by atoms with Crippen LogP contribution in [0.5, 0.6) is 5.75 Å². The van der Waals surface area contributed by atoms with Crippen LogP contribution in [0.25, 0.3) is 11.1 Å². The van der Waals surface area contributed by atoms with Crippen LogP contribution in [-0.4, -0.2) is 61.5 Å². The summed E-state index contributed by atoms with van der Waals surface area (Å²) in [4.78, 5) is 27.0. The van der Waals surface area contributed by atoms with Crippen molar-refractivity contribution in [2.75, 3.05) is 19.3 Å². The highest BCUT2D eigenvalue weighted by atomic mass is 32.2. The fourth-order valence-corrected chi connectivity index (χ4v) is 5.95. The Morgan fingerprint density at radius 2 is 1.61 bits per heavy atom. The number of hydrogen-bond donors (Lipinski definition) is 2. The molecule has 0 radical (unpaired) electrons. The number of nitrogens with one attached hydrogen (secondary N) is 1. The molecule has 0 heterocycles. The maximum atomic E-state index is 13.0. The second-order valence-corrected chi connectivity index (χ2v) is 14.7. The summed E-state index contributed by atoms with van der Waals surface area (Å²) in [5, 5.41) is 10.8. The normalized spacial score (nSPS) is 14.7. The standard InChI is InChI=1S/C36H46N2O7S/c1-36(2,3)45-35(41)38(25-32(39)28-11-7-5-8-12-28)22-21-26-15-17-27(18-16-26)29-19-20-30(24-34(40)37-46(4,42)43)33(23-29)44-31-13-9-6-10-14-31/h5,7-8,11-12,15-20,23,31-32,39H,6,9-10,13-14,21-22,24-25H2,1-4H3,(H,37,40)/t32-/m0/s1. The highest BCUT2D eigenvalue weighted by Crippen LogP contribution is 2.31. The molecule has 0 saturated heterocycles. The van der Waals surface area contributed by atoms with Gasteiger partial charge in [0.15, 0.2) is 0 Å². The minimum atomic E-state index is -3.66. The van der Waals surface area contributed by atoms with Gasteiger partial charge in [0.25, 0.3) is 0 Å². The van der Waals surface area contributed by atoms with E-state index >= 15 is 0 Å². The molecule has 46 heavy (non-hydrogen) atoms. The number of aliphatic hydroxyl groups excluding tert-OH is 1. The van der Waals surface area contributed by atoms with Crippen LogP contribution < -0.4 is 9.46 Å². The van der Waals surface area contributed by atoms with Crippen molar-refractivity contribution in [3.63, 3.8) is 0 Å². The van der Waals surface area contributed by atoms with Crippen molar-refractivity contribution in [1.29, 1.82) is 0 Å². The number of benzene rings is 3. The lowest BCUT2D eigenvalue weighted by Gasteiger charge is -2.29. The van der Waals surface area contributed by atoms with E-state index in [0.29, 0.717) is 24.3 Å². The van der Waals surface area contributed by atoms with Gasteiger partial charge in [-0.3, -0.25) is 9.52 Å². The van der Waals surface area contributed by atoms with Crippen molar-refractivity contribution >= 4 is 22.0 Å². The van der Waals surface area contributed by atoms with Crippen LogP contribution >= 0.6 is 0 Å². The summed E-state index contributed by atoms with van der Waals surface area (Å²) in [6.07, 6.45) is 5.38. The molecule has 0 spiro atoms. The lowest BCUT2D eigenvalue weighted by molar-refractivity contribution is -0.118. The SMILES string of the molecule is CC(C)(C)OC(=O)N(CCc1ccc(-c2ccc(CC(=O)NS(C)(=O)=O)c(OC3CCCCC3)c2)cc1)C[C@H](O)c1ccccc1. The Hall–Kier alpha value is -3.89. The van der Waals surface area contributed by atoms with Crippen LogP contribution in [0.2, 0.25) is 0 Å². The third kappa shape index (κ3) is 11.2. The first kappa shape index (κ1) is 35.0. The summed E-state index contributed by atoms with van der Waals surface area (Å²) in [7, 11) is -3.66. The first-order valence-electron chi connectivity index (χ1n) is 15.9. The number of amides is 2. The van der Waals surface area contributed by atoms with E-state index in [1.165, 1.54) is 6.42 Å². The summed E-state index contributed by atoms with van der Waals surface area (Å²) in [5.41, 5.74) is 3.57. The monoisotopic (exact) mass is 650 g/mol. The van der Waals surface area contributed by atoms with Crippen molar-refractivity contribution in [2.45, 2.75) is 83.5 Å². The van der Waals surface area contributed by atoms with E-state index in [0.717, 1.165) is 54.2 Å². The predicted molar refractivity (Wildman–Crippen MR) is 179 cm³/mol. The van der Waals surface area contributed by atoms with E-state index in [-0.39, 0.29) is 19.1 Å². The molecule has 0 aromatic heterocycles. The van der Waals surface area contributed by atoms with Crippen molar-refractivity contribution in [3.8, 4) is 16.9 Å². The van der Waals surface area contributed by atoms with Gasteiger partial charge in [-0.15, -0.1) is 0 Å². The molecule has 3 aromatic carbocycles. The predicted octanol–water partition coefficient (Wildman–Crippen LogP) is 6.20. The summed E-state index contributed by atoms with van der Waals surface area (Å²) >= 11 is 0. The molecule has 10 heteroatoms. The van der Waals surface area contributed by atoms with Gasteiger partial charge in [-0.05, 0) is 81.2 Å². The smallest absolute Gasteiger partial charge is 0.410 e. The minimum absolute atomic E-state index is 0.0522.